The summed E-state index contributed by atoms with van der Waals surface area (Å²) in [5, 5.41) is 13.2. The second-order valence-electron chi connectivity index (χ2n) is 4.98. The second kappa shape index (κ2) is 5.86. The molecule has 1 aliphatic carbocycles. The molecule has 1 fully saturated rings. The third-order valence-electron chi connectivity index (χ3n) is 3.26. The van der Waals surface area contributed by atoms with Crippen molar-refractivity contribution in [2.45, 2.75) is 25.3 Å². The number of nitrogens with one attached hydrogen (secondary N) is 1. The summed E-state index contributed by atoms with van der Waals surface area (Å²) in [6.45, 7) is 0. The molecule has 0 heterocycles. The number of primary amides is 1. The van der Waals surface area contributed by atoms with Gasteiger partial charge in [0.15, 0.2) is 0 Å². The molecule has 8 heteroatoms. The van der Waals surface area contributed by atoms with Crippen LogP contribution in [-0.2, 0) is 16.0 Å². The van der Waals surface area contributed by atoms with Crippen molar-refractivity contribution < 1.29 is 18.9 Å². The van der Waals surface area contributed by atoms with Crippen LogP contribution in [0.5, 0.6) is 0 Å². The first-order valence-corrected chi connectivity index (χ1v) is 6.41. The number of hydrogen-bond acceptors (Lipinski definition) is 4. The van der Waals surface area contributed by atoms with Gasteiger partial charge < -0.3 is 11.1 Å². The van der Waals surface area contributed by atoms with Crippen LogP contribution in [-0.4, -0.2) is 22.8 Å². The van der Waals surface area contributed by atoms with Crippen molar-refractivity contribution in [3.63, 3.8) is 0 Å². The third-order valence-corrected chi connectivity index (χ3v) is 3.26. The average Bonchev–Trinajstić information content (AvgIpc) is 3.23. The van der Waals surface area contributed by atoms with Crippen LogP contribution in [0, 0.1) is 21.8 Å². The third kappa shape index (κ3) is 3.74. The summed E-state index contributed by atoms with van der Waals surface area (Å²) in [6.07, 6.45) is 1.54. The van der Waals surface area contributed by atoms with Gasteiger partial charge in [0, 0.05) is 18.4 Å². The lowest BCUT2D eigenvalue weighted by Crippen LogP contribution is -2.46. The normalized spacial score (nSPS) is 15.3. The predicted octanol–water partition coefficient (Wildman–Crippen LogP) is 0.656. The lowest BCUT2D eigenvalue weighted by molar-refractivity contribution is -0.387. The molecule has 1 atom stereocenters. The number of carbonyl (C=O) groups excluding carboxylic acids is 2. The Morgan fingerprint density at radius 3 is 2.67 bits per heavy atom. The van der Waals surface area contributed by atoms with Crippen LogP contribution in [0.25, 0.3) is 0 Å². The number of hydrogen-bond donors (Lipinski definition) is 2. The zero-order chi connectivity index (χ0) is 15.6. The van der Waals surface area contributed by atoms with Gasteiger partial charge in [0.1, 0.15) is 6.04 Å². The zero-order valence-electron chi connectivity index (χ0n) is 11.0. The van der Waals surface area contributed by atoms with E-state index in [1.54, 1.807) is 0 Å². The minimum Gasteiger partial charge on any atom is -0.368 e. The van der Waals surface area contributed by atoms with E-state index in [4.69, 9.17) is 5.73 Å². The SMILES string of the molecule is NC(=O)[C@H](Cc1ccc(F)c([N+](=O)[O-])c1)NC(=O)C1CC1. The fourth-order valence-electron chi connectivity index (χ4n) is 1.92. The quantitative estimate of drug-likeness (QED) is 0.592. The lowest BCUT2D eigenvalue weighted by Gasteiger charge is -2.15. The van der Waals surface area contributed by atoms with Crippen LogP contribution in [0.4, 0.5) is 10.1 Å². The molecule has 0 bridgehead atoms. The molecule has 2 amide bonds. The van der Waals surface area contributed by atoms with Crippen molar-refractivity contribution in [1.29, 1.82) is 0 Å². The summed E-state index contributed by atoms with van der Waals surface area (Å²) in [6, 6.07) is 2.34. The smallest absolute Gasteiger partial charge is 0.305 e. The Morgan fingerprint density at radius 2 is 2.14 bits per heavy atom. The first kappa shape index (κ1) is 14.9. The number of rotatable bonds is 6. The molecule has 1 saturated carbocycles. The van der Waals surface area contributed by atoms with Crippen LogP contribution in [0.3, 0.4) is 0 Å². The molecule has 0 radical (unpaired) electrons. The van der Waals surface area contributed by atoms with E-state index in [1.165, 1.54) is 6.07 Å². The van der Waals surface area contributed by atoms with E-state index in [2.05, 4.69) is 5.32 Å². The number of carbonyl (C=O) groups is 2. The number of nitro benzene ring substituents is 1. The van der Waals surface area contributed by atoms with Gasteiger partial charge in [-0.2, -0.15) is 4.39 Å². The summed E-state index contributed by atoms with van der Waals surface area (Å²) in [5.41, 5.74) is 4.89. The van der Waals surface area contributed by atoms with Gasteiger partial charge >= 0.3 is 5.69 Å². The van der Waals surface area contributed by atoms with Gasteiger partial charge in [-0.3, -0.25) is 19.7 Å². The number of amides is 2. The van der Waals surface area contributed by atoms with E-state index in [0.29, 0.717) is 5.56 Å². The topological polar surface area (TPSA) is 115 Å². The minimum absolute atomic E-state index is 0.0189. The first-order valence-electron chi connectivity index (χ1n) is 6.41. The number of halogens is 1. The van der Waals surface area contributed by atoms with Gasteiger partial charge in [-0.05, 0) is 24.5 Å². The Labute approximate surface area is 119 Å². The molecule has 1 aromatic rings. The first-order chi connectivity index (χ1) is 9.88. The summed E-state index contributed by atoms with van der Waals surface area (Å²) < 4.78 is 13.2. The maximum Gasteiger partial charge on any atom is 0.305 e. The molecule has 0 aliphatic heterocycles. The van der Waals surface area contributed by atoms with E-state index < -0.39 is 28.4 Å². The van der Waals surface area contributed by atoms with Crippen molar-refractivity contribution in [3.8, 4) is 0 Å². The maximum atomic E-state index is 13.2. The zero-order valence-corrected chi connectivity index (χ0v) is 11.0. The molecular weight excluding hydrogens is 281 g/mol. The highest BCUT2D eigenvalue weighted by atomic mass is 19.1. The monoisotopic (exact) mass is 295 g/mol. The van der Waals surface area contributed by atoms with Crippen molar-refractivity contribution in [2.75, 3.05) is 0 Å². The van der Waals surface area contributed by atoms with Crippen molar-refractivity contribution >= 4 is 17.5 Å². The van der Waals surface area contributed by atoms with E-state index >= 15 is 0 Å². The van der Waals surface area contributed by atoms with E-state index in [0.717, 1.165) is 25.0 Å². The molecule has 2 rings (SSSR count). The summed E-state index contributed by atoms with van der Waals surface area (Å²) in [7, 11) is 0. The molecule has 112 valence electrons. The molecule has 0 spiro atoms. The summed E-state index contributed by atoms with van der Waals surface area (Å²) in [4.78, 5) is 32.8. The van der Waals surface area contributed by atoms with Crippen LogP contribution in [0.1, 0.15) is 18.4 Å². The highest BCUT2D eigenvalue weighted by Gasteiger charge is 2.32. The van der Waals surface area contributed by atoms with Crippen LogP contribution >= 0.6 is 0 Å². The molecule has 1 aromatic carbocycles. The van der Waals surface area contributed by atoms with Gasteiger partial charge in [-0.1, -0.05) is 6.07 Å². The molecule has 21 heavy (non-hydrogen) atoms. The van der Waals surface area contributed by atoms with Crippen LogP contribution < -0.4 is 11.1 Å². The Balaban J connectivity index is 2.12. The van der Waals surface area contributed by atoms with Gasteiger partial charge in [-0.15, -0.1) is 0 Å². The van der Waals surface area contributed by atoms with Crippen LogP contribution in [0.2, 0.25) is 0 Å². The van der Waals surface area contributed by atoms with E-state index in [1.807, 2.05) is 0 Å². The second-order valence-corrected chi connectivity index (χ2v) is 4.98. The number of nitrogens with two attached hydrogens (primary N) is 1. The minimum atomic E-state index is -0.969. The molecule has 0 unspecified atom stereocenters. The highest BCUT2D eigenvalue weighted by Crippen LogP contribution is 2.29. The molecule has 0 aromatic heterocycles. The van der Waals surface area contributed by atoms with E-state index in [-0.39, 0.29) is 18.2 Å². The Kier molecular flexibility index (Phi) is 4.15. The van der Waals surface area contributed by atoms with Crippen molar-refractivity contribution in [2.24, 2.45) is 11.7 Å². The van der Waals surface area contributed by atoms with Gasteiger partial charge in [-0.25, -0.2) is 0 Å². The fraction of sp³-hybridized carbons (Fsp3) is 0.385. The predicted molar refractivity (Wildman–Crippen MR) is 70.6 cm³/mol. The maximum absolute atomic E-state index is 13.2. The number of nitrogens with zero attached hydrogens (tertiary/aromatic N) is 1. The largest absolute Gasteiger partial charge is 0.368 e. The van der Waals surface area contributed by atoms with Gasteiger partial charge in [0.05, 0.1) is 4.92 Å². The Bertz CT molecular complexity index is 601. The molecule has 1 aliphatic rings. The fourth-order valence-corrected chi connectivity index (χ4v) is 1.92. The number of benzene rings is 1. The summed E-state index contributed by atoms with van der Waals surface area (Å²) in [5.74, 6) is -2.04. The molecule has 0 saturated heterocycles. The van der Waals surface area contributed by atoms with Gasteiger partial charge in [0.25, 0.3) is 0 Å². The standard InChI is InChI=1S/C13H14FN3O4/c14-9-4-1-7(6-11(9)17(20)21)5-10(12(15)18)16-13(19)8-2-3-8/h1,4,6,8,10H,2-3,5H2,(H2,15,18)(H,16,19)/t10-/m0/s1. The number of nitro groups is 1. The Hall–Kier alpha value is -2.51. The van der Waals surface area contributed by atoms with Crippen LogP contribution in [0.15, 0.2) is 18.2 Å². The summed E-state index contributed by atoms with van der Waals surface area (Å²) >= 11 is 0. The Morgan fingerprint density at radius 1 is 1.48 bits per heavy atom. The van der Waals surface area contributed by atoms with Gasteiger partial charge in [0.2, 0.25) is 17.6 Å². The average molecular weight is 295 g/mol. The highest BCUT2D eigenvalue weighted by molar-refractivity contribution is 5.88. The molecule has 3 N–H and O–H groups in total. The van der Waals surface area contributed by atoms with Crippen molar-refractivity contribution in [1.82, 2.24) is 5.32 Å². The lowest BCUT2D eigenvalue weighted by atomic mass is 10.0. The molecular formula is C13H14FN3O4. The molecule has 7 nitrogen and oxygen atoms in total. The van der Waals surface area contributed by atoms with Crippen molar-refractivity contribution in [3.05, 3.63) is 39.7 Å². The van der Waals surface area contributed by atoms with E-state index in [9.17, 15) is 24.1 Å².